The van der Waals surface area contributed by atoms with Gasteiger partial charge in [0.05, 0.1) is 12.1 Å². The first-order chi connectivity index (χ1) is 12.2. The number of carbonyl (C=O) groups is 1. The first-order valence-corrected chi connectivity index (χ1v) is 7.24. The molecule has 1 aromatic carbocycles. The minimum Gasteiger partial charge on any atom is -0.423 e. The second-order valence-electron chi connectivity index (χ2n) is 5.53. The maximum absolute atomic E-state index is 13.0. The lowest BCUT2D eigenvalue weighted by Crippen LogP contribution is -2.46. The molecule has 1 saturated heterocycles. The van der Waals surface area contributed by atoms with Gasteiger partial charge in [0.15, 0.2) is 6.04 Å². The van der Waals surface area contributed by atoms with Gasteiger partial charge in [0.1, 0.15) is 5.58 Å². The Hall–Kier alpha value is -2.99. The number of hydrogen-bond donors (Lipinski definition) is 3. The Morgan fingerprint density at radius 1 is 1.35 bits per heavy atom. The van der Waals surface area contributed by atoms with Crippen LogP contribution in [0.4, 0.5) is 18.9 Å². The fourth-order valence-electron chi connectivity index (χ4n) is 2.62. The molecular weight excluding hydrogens is 361 g/mol. The maximum atomic E-state index is 13.0. The van der Waals surface area contributed by atoms with Crippen molar-refractivity contribution in [2.45, 2.75) is 18.3 Å². The van der Waals surface area contributed by atoms with Gasteiger partial charge in [0.25, 0.3) is 6.04 Å². The molecule has 0 spiro atoms. The molecule has 1 amide bonds. The predicted molar refractivity (Wildman–Crippen MR) is 81.8 cm³/mol. The minimum absolute atomic E-state index is 0.0285. The largest absolute Gasteiger partial charge is 0.423 e. The van der Waals surface area contributed by atoms with E-state index in [1.54, 1.807) is 0 Å². The quantitative estimate of drug-likeness (QED) is 0.415. The van der Waals surface area contributed by atoms with E-state index in [-0.39, 0.29) is 23.2 Å². The highest BCUT2D eigenvalue weighted by Crippen LogP contribution is 2.34. The Kier molecular flexibility index (Phi) is 4.38. The Balaban J connectivity index is 1.91. The van der Waals surface area contributed by atoms with E-state index < -0.39 is 40.3 Å². The molecule has 12 heteroatoms. The summed E-state index contributed by atoms with van der Waals surface area (Å²) in [5, 5.41) is 12.9. The smallest absolute Gasteiger partial charge is 0.417 e. The van der Waals surface area contributed by atoms with Gasteiger partial charge in [0, 0.05) is 28.1 Å². The molecule has 2 atom stereocenters. The second kappa shape index (κ2) is 6.38. The molecule has 0 bridgehead atoms. The molecular formula is C14H11F3N4O5. The summed E-state index contributed by atoms with van der Waals surface area (Å²) < 4.78 is 43.8. The topological polar surface area (TPSA) is 127 Å². The van der Waals surface area contributed by atoms with Gasteiger partial charge in [-0.25, -0.2) is 15.6 Å². The number of amides is 1. The van der Waals surface area contributed by atoms with Crippen molar-refractivity contribution in [3.05, 3.63) is 50.4 Å². The van der Waals surface area contributed by atoms with E-state index >= 15 is 0 Å². The fourth-order valence-corrected chi connectivity index (χ4v) is 2.62. The first-order valence-electron chi connectivity index (χ1n) is 7.24. The predicted octanol–water partition coefficient (Wildman–Crippen LogP) is 0.872. The number of alkyl halides is 3. The molecule has 1 aromatic heterocycles. The van der Waals surface area contributed by atoms with Crippen molar-refractivity contribution in [1.29, 1.82) is 0 Å². The highest BCUT2D eigenvalue weighted by Gasteiger charge is 2.41. The molecule has 0 radical (unpaired) electrons. The SMILES string of the molecule is O=C(Nc1ccc2c(C(F)(F)F)cc(=O)oc2c1)C1NNCC1[N+](=O)[O-]. The third kappa shape index (κ3) is 3.36. The van der Waals surface area contributed by atoms with Crippen LogP contribution in [-0.4, -0.2) is 29.5 Å². The zero-order valence-electron chi connectivity index (χ0n) is 12.8. The van der Waals surface area contributed by atoms with Gasteiger partial charge in [-0.15, -0.1) is 0 Å². The number of carbonyl (C=O) groups excluding carboxylic acids is 1. The molecule has 0 saturated carbocycles. The van der Waals surface area contributed by atoms with Gasteiger partial charge in [-0.05, 0) is 12.1 Å². The number of benzene rings is 1. The molecule has 26 heavy (non-hydrogen) atoms. The summed E-state index contributed by atoms with van der Waals surface area (Å²) in [7, 11) is 0. The van der Waals surface area contributed by atoms with Crippen molar-refractivity contribution in [3.63, 3.8) is 0 Å². The van der Waals surface area contributed by atoms with Gasteiger partial charge in [-0.1, -0.05) is 0 Å². The van der Waals surface area contributed by atoms with E-state index in [2.05, 4.69) is 16.2 Å². The zero-order chi connectivity index (χ0) is 19.1. The standard InChI is InChI=1S/C14H11F3N4O5/c15-14(16,17)8-4-11(22)26-10-3-6(1-2-7(8)10)19-13(23)12-9(21(24)25)5-18-20-12/h1-4,9,12,18,20H,5H2,(H,19,23). The van der Waals surface area contributed by atoms with E-state index in [1.165, 1.54) is 6.07 Å². The molecule has 2 aromatic rings. The lowest BCUT2D eigenvalue weighted by molar-refractivity contribution is -0.517. The van der Waals surface area contributed by atoms with E-state index in [9.17, 15) is 32.9 Å². The van der Waals surface area contributed by atoms with Crippen molar-refractivity contribution in [2.75, 3.05) is 11.9 Å². The molecule has 1 aliphatic heterocycles. The number of nitrogens with zero attached hydrogens (tertiary/aromatic N) is 1. The number of nitro groups is 1. The van der Waals surface area contributed by atoms with E-state index in [4.69, 9.17) is 4.42 Å². The summed E-state index contributed by atoms with van der Waals surface area (Å²) in [6.45, 7) is -0.0629. The number of nitrogens with one attached hydrogen (secondary N) is 3. The molecule has 138 valence electrons. The van der Waals surface area contributed by atoms with Crippen LogP contribution in [0.2, 0.25) is 0 Å². The van der Waals surface area contributed by atoms with Crippen LogP contribution in [0.1, 0.15) is 5.56 Å². The third-order valence-electron chi connectivity index (χ3n) is 3.82. The second-order valence-corrected chi connectivity index (χ2v) is 5.53. The van der Waals surface area contributed by atoms with Crippen LogP contribution in [0.3, 0.4) is 0 Å². The van der Waals surface area contributed by atoms with Crippen molar-refractivity contribution >= 4 is 22.6 Å². The Bertz CT molecular complexity index is 942. The lowest BCUT2D eigenvalue weighted by atomic mass is 10.1. The van der Waals surface area contributed by atoms with Gasteiger partial charge in [-0.3, -0.25) is 14.9 Å². The van der Waals surface area contributed by atoms with Gasteiger partial charge in [-0.2, -0.15) is 13.2 Å². The highest BCUT2D eigenvalue weighted by molar-refractivity contribution is 5.97. The molecule has 3 N–H and O–H groups in total. The number of rotatable bonds is 3. The van der Waals surface area contributed by atoms with Crippen molar-refractivity contribution < 1.29 is 27.3 Å². The van der Waals surface area contributed by atoms with Gasteiger partial charge in [0.2, 0.25) is 5.91 Å². The average Bonchev–Trinajstić information content (AvgIpc) is 3.02. The van der Waals surface area contributed by atoms with Crippen molar-refractivity contribution in [2.24, 2.45) is 0 Å². The van der Waals surface area contributed by atoms with E-state index in [0.717, 1.165) is 12.1 Å². The minimum atomic E-state index is -4.75. The summed E-state index contributed by atoms with van der Waals surface area (Å²) in [4.78, 5) is 33.8. The van der Waals surface area contributed by atoms with Crippen LogP contribution in [0.15, 0.2) is 33.5 Å². The molecule has 2 unspecified atom stereocenters. The Labute approximate surface area is 142 Å². The monoisotopic (exact) mass is 372 g/mol. The fraction of sp³-hybridized carbons (Fsp3) is 0.286. The van der Waals surface area contributed by atoms with Crippen LogP contribution < -0.4 is 21.8 Å². The van der Waals surface area contributed by atoms with E-state index in [1.807, 2.05) is 0 Å². The number of anilines is 1. The van der Waals surface area contributed by atoms with Crippen molar-refractivity contribution in [1.82, 2.24) is 10.9 Å². The van der Waals surface area contributed by atoms with Crippen LogP contribution in [0.25, 0.3) is 11.0 Å². The van der Waals surface area contributed by atoms with Gasteiger partial charge < -0.3 is 9.73 Å². The first kappa shape index (κ1) is 17.8. The molecule has 0 aliphatic carbocycles. The van der Waals surface area contributed by atoms with E-state index in [0.29, 0.717) is 6.07 Å². The number of hydrogen-bond acceptors (Lipinski definition) is 7. The number of halogens is 3. The molecule has 2 heterocycles. The average molecular weight is 372 g/mol. The highest BCUT2D eigenvalue weighted by atomic mass is 19.4. The normalized spacial score (nSPS) is 20.3. The Morgan fingerprint density at radius 3 is 2.73 bits per heavy atom. The summed E-state index contributed by atoms with van der Waals surface area (Å²) in [5.74, 6) is -0.759. The Morgan fingerprint density at radius 2 is 2.08 bits per heavy atom. The summed E-state index contributed by atoms with van der Waals surface area (Å²) >= 11 is 0. The molecule has 9 nitrogen and oxygen atoms in total. The molecule has 1 aliphatic rings. The summed E-state index contributed by atoms with van der Waals surface area (Å²) in [6.07, 6.45) is -4.75. The maximum Gasteiger partial charge on any atom is 0.417 e. The summed E-state index contributed by atoms with van der Waals surface area (Å²) in [5.41, 5.74) is 2.26. The van der Waals surface area contributed by atoms with Crippen LogP contribution in [0.5, 0.6) is 0 Å². The zero-order valence-corrected chi connectivity index (χ0v) is 12.8. The van der Waals surface area contributed by atoms with Gasteiger partial charge >= 0.3 is 11.8 Å². The van der Waals surface area contributed by atoms with Crippen molar-refractivity contribution in [3.8, 4) is 0 Å². The molecule has 3 rings (SSSR count). The van der Waals surface area contributed by atoms with Crippen LogP contribution in [-0.2, 0) is 11.0 Å². The number of fused-ring (bicyclic) bond motifs is 1. The van der Waals surface area contributed by atoms with Crippen LogP contribution >= 0.6 is 0 Å². The summed E-state index contributed by atoms with van der Waals surface area (Å²) in [6, 6.07) is 1.24. The molecule has 1 fully saturated rings. The third-order valence-corrected chi connectivity index (χ3v) is 3.82. The van der Waals surface area contributed by atoms with Crippen LogP contribution in [0, 0.1) is 10.1 Å². The lowest BCUT2D eigenvalue weighted by Gasteiger charge is -2.13. The number of hydrazine groups is 1.